The maximum absolute atomic E-state index is 12.3. The first kappa shape index (κ1) is 17.8. The summed E-state index contributed by atoms with van der Waals surface area (Å²) in [5, 5.41) is 1.24. The van der Waals surface area contributed by atoms with Crippen LogP contribution in [0.2, 0.25) is 0 Å². The first-order valence-corrected chi connectivity index (χ1v) is 8.19. The van der Waals surface area contributed by atoms with E-state index < -0.39 is 12.2 Å². The molecule has 2 rings (SSSR count). The quantitative estimate of drug-likeness (QED) is 0.676. The maximum Gasteiger partial charge on any atom is 0.429 e. The Morgan fingerprint density at radius 1 is 1.17 bits per heavy atom. The van der Waals surface area contributed by atoms with Crippen molar-refractivity contribution in [3.63, 3.8) is 0 Å². The summed E-state index contributed by atoms with van der Waals surface area (Å²) in [5.74, 6) is -0.0167. The number of hydrogen-bond donors (Lipinski definition) is 1. The Balaban J connectivity index is 2.21. The number of hydrazine groups is 1. The van der Waals surface area contributed by atoms with Crippen LogP contribution >= 0.6 is 0 Å². The van der Waals surface area contributed by atoms with Gasteiger partial charge in [0.1, 0.15) is 0 Å². The fourth-order valence-corrected chi connectivity index (χ4v) is 2.75. The van der Waals surface area contributed by atoms with Crippen LogP contribution < -0.4 is 5.43 Å². The highest BCUT2D eigenvalue weighted by molar-refractivity contribution is 5.74. The predicted molar refractivity (Wildman–Crippen MR) is 90.5 cm³/mol. The van der Waals surface area contributed by atoms with Gasteiger partial charge in [0.25, 0.3) is 0 Å². The normalized spacial score (nSPS) is 19.0. The summed E-state index contributed by atoms with van der Waals surface area (Å²) >= 11 is 0. The summed E-state index contributed by atoms with van der Waals surface area (Å²) in [6.07, 6.45) is 3.43. The number of benzene rings is 1. The first-order chi connectivity index (χ1) is 11.6. The molecule has 0 radical (unpaired) electrons. The number of carbonyl (C=O) groups excluding carboxylic acids is 2. The van der Waals surface area contributed by atoms with Gasteiger partial charge in [-0.3, -0.25) is 0 Å². The Hall–Kier alpha value is -2.50. The van der Waals surface area contributed by atoms with Gasteiger partial charge in [-0.05, 0) is 32.8 Å². The highest BCUT2D eigenvalue weighted by atomic mass is 16.6. The molecule has 1 unspecified atom stereocenters. The Kier molecular flexibility index (Phi) is 6.23. The van der Waals surface area contributed by atoms with Gasteiger partial charge in [0.15, 0.2) is 0 Å². The highest BCUT2D eigenvalue weighted by Crippen LogP contribution is 2.32. The monoisotopic (exact) mass is 332 g/mol. The molecule has 0 aromatic heterocycles. The van der Waals surface area contributed by atoms with Gasteiger partial charge < -0.3 is 9.47 Å². The van der Waals surface area contributed by atoms with Gasteiger partial charge in [-0.25, -0.2) is 20.0 Å². The number of hydrogen-bond acceptors (Lipinski definition) is 4. The average molecular weight is 332 g/mol. The van der Waals surface area contributed by atoms with E-state index in [1.807, 2.05) is 43.3 Å². The molecule has 0 fully saturated rings. The minimum atomic E-state index is -0.667. The molecular weight excluding hydrogens is 308 g/mol. The molecule has 1 aromatic rings. The van der Waals surface area contributed by atoms with E-state index in [-0.39, 0.29) is 25.2 Å². The fourth-order valence-electron chi connectivity index (χ4n) is 2.75. The zero-order chi connectivity index (χ0) is 17.5. The van der Waals surface area contributed by atoms with Crippen LogP contribution in [0.4, 0.5) is 9.59 Å². The number of amides is 2. The zero-order valence-corrected chi connectivity index (χ0v) is 14.3. The van der Waals surface area contributed by atoms with Gasteiger partial charge in [-0.15, -0.1) is 0 Å². The molecule has 1 aromatic carbocycles. The van der Waals surface area contributed by atoms with E-state index in [1.165, 1.54) is 10.6 Å². The Morgan fingerprint density at radius 2 is 1.83 bits per heavy atom. The second-order valence-corrected chi connectivity index (χ2v) is 5.57. The third-order valence-corrected chi connectivity index (χ3v) is 3.88. The Labute approximate surface area is 142 Å². The van der Waals surface area contributed by atoms with E-state index in [0.717, 1.165) is 5.56 Å². The molecule has 0 saturated carbocycles. The predicted octanol–water partition coefficient (Wildman–Crippen LogP) is 3.53. The molecule has 0 saturated heterocycles. The second-order valence-electron chi connectivity index (χ2n) is 5.57. The minimum Gasteiger partial charge on any atom is -0.449 e. The largest absolute Gasteiger partial charge is 0.449 e. The van der Waals surface area contributed by atoms with Crippen molar-refractivity contribution in [2.45, 2.75) is 39.2 Å². The summed E-state index contributed by atoms with van der Waals surface area (Å²) in [5.41, 5.74) is 4.77. The zero-order valence-electron chi connectivity index (χ0n) is 14.3. The maximum atomic E-state index is 12.3. The van der Waals surface area contributed by atoms with Crippen LogP contribution in [-0.2, 0) is 9.47 Å². The summed E-state index contributed by atoms with van der Waals surface area (Å²) in [4.78, 5) is 24.1. The van der Waals surface area contributed by atoms with E-state index in [0.29, 0.717) is 6.42 Å². The third kappa shape index (κ3) is 4.28. The van der Waals surface area contributed by atoms with Crippen LogP contribution in [-0.4, -0.2) is 36.5 Å². The molecule has 0 bridgehead atoms. The van der Waals surface area contributed by atoms with Crippen molar-refractivity contribution in [1.82, 2.24) is 10.4 Å². The molecule has 1 aliphatic carbocycles. The number of nitrogens with zero attached hydrogens (tertiary/aromatic N) is 1. The minimum absolute atomic E-state index is 0.0167. The van der Waals surface area contributed by atoms with E-state index in [2.05, 4.69) is 5.43 Å². The summed E-state index contributed by atoms with van der Waals surface area (Å²) in [6.45, 7) is 5.92. The molecule has 6 heteroatoms. The Bertz CT molecular complexity index is 598. The highest BCUT2D eigenvalue weighted by Gasteiger charge is 2.35. The molecular formula is C18H24N2O4. The number of ether oxygens (including phenoxy) is 2. The molecule has 0 heterocycles. The van der Waals surface area contributed by atoms with Crippen molar-refractivity contribution in [2.75, 3.05) is 13.2 Å². The lowest BCUT2D eigenvalue weighted by Gasteiger charge is -2.32. The van der Waals surface area contributed by atoms with Crippen LogP contribution in [0.1, 0.15) is 37.3 Å². The molecule has 1 aliphatic rings. The van der Waals surface area contributed by atoms with E-state index in [9.17, 15) is 9.59 Å². The lowest BCUT2D eigenvalue weighted by atomic mass is 9.93. The van der Waals surface area contributed by atoms with Crippen molar-refractivity contribution >= 4 is 12.2 Å². The summed E-state index contributed by atoms with van der Waals surface area (Å²) in [7, 11) is 0. The van der Waals surface area contributed by atoms with Crippen molar-refractivity contribution in [3.8, 4) is 0 Å². The molecule has 0 aliphatic heterocycles. The molecule has 130 valence electrons. The lowest BCUT2D eigenvalue weighted by Crippen LogP contribution is -2.53. The van der Waals surface area contributed by atoms with E-state index >= 15 is 0 Å². The first-order valence-electron chi connectivity index (χ1n) is 8.19. The number of rotatable bonds is 4. The average Bonchev–Trinajstić information content (AvgIpc) is 3.03. The van der Waals surface area contributed by atoms with Crippen molar-refractivity contribution in [1.29, 1.82) is 0 Å². The molecule has 1 N–H and O–H groups in total. The van der Waals surface area contributed by atoms with Gasteiger partial charge >= 0.3 is 12.2 Å². The van der Waals surface area contributed by atoms with Crippen LogP contribution in [0.25, 0.3) is 0 Å². The summed E-state index contributed by atoms with van der Waals surface area (Å²) in [6, 6.07) is 7.89. The standard InChI is InChI=1S/C18H24N2O4/c1-4-23-17(21)19-20(18(22)24-5-2)16-8-6-7-15(16)14-11-9-13(3)10-12-14/h6-7,9-12,15-16H,4-5,8H2,1-3H3,(H,19,21)/t15?,16-/m0/s1. The SMILES string of the molecule is CCOC(=O)NN(C(=O)OCC)[C@H]1CC=CC1c1ccc(C)cc1. The van der Waals surface area contributed by atoms with Crippen LogP contribution in [0.3, 0.4) is 0 Å². The Morgan fingerprint density at radius 3 is 2.46 bits per heavy atom. The third-order valence-electron chi connectivity index (χ3n) is 3.88. The molecule has 2 atom stereocenters. The smallest absolute Gasteiger partial charge is 0.429 e. The van der Waals surface area contributed by atoms with Crippen LogP contribution in [0.5, 0.6) is 0 Å². The van der Waals surface area contributed by atoms with Gasteiger partial charge in [-0.2, -0.15) is 0 Å². The van der Waals surface area contributed by atoms with Crippen molar-refractivity contribution < 1.29 is 19.1 Å². The van der Waals surface area contributed by atoms with Gasteiger partial charge in [-0.1, -0.05) is 42.0 Å². The number of nitrogens with one attached hydrogen (secondary N) is 1. The summed E-state index contributed by atoms with van der Waals surface area (Å²) < 4.78 is 9.98. The van der Waals surface area contributed by atoms with Gasteiger partial charge in [0.05, 0.1) is 19.3 Å². The molecule has 2 amide bonds. The van der Waals surface area contributed by atoms with Crippen molar-refractivity contribution in [2.24, 2.45) is 0 Å². The number of carbonyl (C=O) groups is 2. The van der Waals surface area contributed by atoms with E-state index in [1.54, 1.807) is 13.8 Å². The van der Waals surface area contributed by atoms with Gasteiger partial charge in [0.2, 0.25) is 0 Å². The van der Waals surface area contributed by atoms with Crippen molar-refractivity contribution in [3.05, 3.63) is 47.5 Å². The number of aryl methyl sites for hydroxylation is 1. The van der Waals surface area contributed by atoms with E-state index in [4.69, 9.17) is 9.47 Å². The molecule has 24 heavy (non-hydrogen) atoms. The fraction of sp³-hybridized carbons (Fsp3) is 0.444. The lowest BCUT2D eigenvalue weighted by molar-refractivity contribution is 0.0541. The topological polar surface area (TPSA) is 67.9 Å². The van der Waals surface area contributed by atoms with Crippen LogP contribution in [0, 0.1) is 6.92 Å². The van der Waals surface area contributed by atoms with Gasteiger partial charge in [0, 0.05) is 5.92 Å². The van der Waals surface area contributed by atoms with Crippen LogP contribution in [0.15, 0.2) is 36.4 Å². The molecule has 6 nitrogen and oxygen atoms in total. The molecule has 0 spiro atoms. The second kappa shape index (κ2) is 8.38.